The molecule has 0 bridgehead atoms. The summed E-state index contributed by atoms with van der Waals surface area (Å²) in [6.07, 6.45) is 3.63. The van der Waals surface area contributed by atoms with Gasteiger partial charge >= 0.3 is 20.1 Å². The third kappa shape index (κ3) is 7.73. The molecule has 2 aromatic carbocycles. The van der Waals surface area contributed by atoms with E-state index in [2.05, 4.69) is 76.3 Å². The topological polar surface area (TPSA) is 65.7 Å². The van der Waals surface area contributed by atoms with Crippen LogP contribution in [0.3, 0.4) is 0 Å². The molecule has 0 N–H and O–H groups in total. The van der Waals surface area contributed by atoms with Gasteiger partial charge in [0.05, 0.1) is 0 Å². The minimum absolute atomic E-state index is 0. The first kappa shape index (κ1) is 30.7. The summed E-state index contributed by atoms with van der Waals surface area (Å²) in [5.41, 5.74) is 10.8. The molecule has 0 radical (unpaired) electrons. The van der Waals surface area contributed by atoms with E-state index in [-0.39, 0.29) is 25.5 Å². The number of hydrogen-bond acceptors (Lipinski definition) is 4. The predicted molar refractivity (Wildman–Crippen MR) is 165 cm³/mol. The third-order valence-electron chi connectivity index (χ3n) is 6.53. The Bertz CT molecular complexity index is 1660. The van der Waals surface area contributed by atoms with Crippen molar-refractivity contribution in [1.29, 1.82) is 0 Å². The fraction of sp³-hybridized carbons (Fsp3) is 0.167. The van der Waals surface area contributed by atoms with Gasteiger partial charge in [0.25, 0.3) is 0 Å². The van der Waals surface area contributed by atoms with Gasteiger partial charge in [0.1, 0.15) is 0 Å². The molecule has 5 nitrogen and oxygen atoms in total. The van der Waals surface area contributed by atoms with Crippen LogP contribution in [0.25, 0.3) is 45.2 Å². The number of benzene rings is 2. The summed E-state index contributed by atoms with van der Waals surface area (Å²) in [7, 11) is 0. The number of aryl methyl sites for hydroxylation is 2. The fourth-order valence-electron chi connectivity index (χ4n) is 4.23. The van der Waals surface area contributed by atoms with Gasteiger partial charge in [-0.2, -0.15) is 0 Å². The van der Waals surface area contributed by atoms with Crippen molar-refractivity contribution in [2.45, 2.75) is 40.0 Å². The van der Waals surface area contributed by atoms with Crippen molar-refractivity contribution in [2.75, 3.05) is 0 Å². The SMILES string of the molecule is CC(C)(C)c1cc(-c2ccccn2)[c-]c(-c2ccccn2)c1.Cc1c[c-]c(-c2cccc(-c3cc(C)n[n-]3)n2)cc1.[Ir+3]. The molecule has 42 heavy (non-hydrogen) atoms. The van der Waals surface area contributed by atoms with Crippen molar-refractivity contribution in [3.05, 3.63) is 132 Å². The number of rotatable bonds is 4. The number of nitrogens with zero attached hydrogens (tertiary/aromatic N) is 5. The quantitative estimate of drug-likeness (QED) is 0.172. The standard InChI is InChI=1S/C20H19N2.C16H13N3.Ir/c1-20(2,3)17-13-15(18-8-4-6-10-21-18)12-16(14-17)19-9-5-7-11-22-19;1-11-6-8-13(9-7-11)14-4-3-5-15(17-14)16-10-12(2)18-19-16;/h4-11,13-14H,1-3H3;3-8,10H,1-2H3;/q-1;-2;+3. The van der Waals surface area contributed by atoms with Gasteiger partial charge in [0, 0.05) is 35.2 Å². The van der Waals surface area contributed by atoms with E-state index in [1.54, 1.807) is 0 Å². The molecule has 210 valence electrons. The van der Waals surface area contributed by atoms with Crippen molar-refractivity contribution in [2.24, 2.45) is 0 Å². The van der Waals surface area contributed by atoms with Gasteiger partial charge in [0.2, 0.25) is 0 Å². The van der Waals surface area contributed by atoms with E-state index in [4.69, 9.17) is 0 Å². The van der Waals surface area contributed by atoms with Gasteiger partial charge in [-0.1, -0.05) is 87.0 Å². The van der Waals surface area contributed by atoms with Gasteiger partial charge in [-0.3, -0.25) is 15.0 Å². The van der Waals surface area contributed by atoms with Crippen LogP contribution in [0.2, 0.25) is 0 Å². The Morgan fingerprint density at radius 2 is 1.29 bits per heavy atom. The average molecular weight is 727 g/mol. The zero-order chi connectivity index (χ0) is 28.8. The largest absolute Gasteiger partial charge is 3.00 e. The molecule has 0 aliphatic heterocycles. The molecule has 0 atom stereocenters. The molecule has 6 rings (SSSR count). The van der Waals surface area contributed by atoms with Crippen LogP contribution in [0, 0.1) is 26.0 Å². The molecule has 0 fully saturated rings. The van der Waals surface area contributed by atoms with Crippen molar-refractivity contribution in [3.63, 3.8) is 0 Å². The maximum atomic E-state index is 4.62. The summed E-state index contributed by atoms with van der Waals surface area (Å²) >= 11 is 0. The minimum atomic E-state index is 0. The number of aromatic nitrogens is 5. The smallest absolute Gasteiger partial charge is 0.574 e. The second-order valence-electron chi connectivity index (χ2n) is 10.9. The molecular weight excluding hydrogens is 695 g/mol. The van der Waals surface area contributed by atoms with Crippen molar-refractivity contribution in [3.8, 4) is 45.2 Å². The van der Waals surface area contributed by atoms with E-state index >= 15 is 0 Å². The predicted octanol–water partition coefficient (Wildman–Crippen LogP) is 8.09. The molecule has 6 aromatic rings. The third-order valence-corrected chi connectivity index (χ3v) is 6.53. The van der Waals surface area contributed by atoms with E-state index in [0.717, 1.165) is 50.9 Å². The van der Waals surface area contributed by atoms with E-state index < -0.39 is 0 Å². The number of pyridine rings is 3. The first-order chi connectivity index (χ1) is 19.8. The molecule has 0 amide bonds. The second kappa shape index (κ2) is 13.6. The maximum Gasteiger partial charge on any atom is 3.00 e. The molecule has 0 unspecified atom stereocenters. The molecule has 0 saturated carbocycles. The van der Waals surface area contributed by atoms with Gasteiger partial charge < -0.3 is 10.2 Å². The molecule has 0 saturated heterocycles. The summed E-state index contributed by atoms with van der Waals surface area (Å²) in [5, 5.41) is 8.12. The first-order valence-electron chi connectivity index (χ1n) is 13.6. The molecule has 4 aromatic heterocycles. The van der Waals surface area contributed by atoms with Crippen LogP contribution in [0.4, 0.5) is 0 Å². The maximum absolute atomic E-state index is 4.62. The Morgan fingerprint density at radius 1 is 0.667 bits per heavy atom. The fourth-order valence-corrected chi connectivity index (χ4v) is 4.23. The van der Waals surface area contributed by atoms with Crippen molar-refractivity contribution >= 4 is 0 Å². The Hall–Kier alpha value is -4.25. The minimum Gasteiger partial charge on any atom is -0.574 e. The van der Waals surface area contributed by atoms with Crippen LogP contribution in [0.15, 0.2) is 103 Å². The van der Waals surface area contributed by atoms with Crippen molar-refractivity contribution in [1.82, 2.24) is 25.1 Å². The van der Waals surface area contributed by atoms with E-state index in [0.29, 0.717) is 0 Å². The van der Waals surface area contributed by atoms with Crippen LogP contribution >= 0.6 is 0 Å². The molecule has 0 spiro atoms. The summed E-state index contributed by atoms with van der Waals surface area (Å²) in [5.74, 6) is 0. The van der Waals surface area contributed by atoms with Crippen LogP contribution in [-0.2, 0) is 25.5 Å². The van der Waals surface area contributed by atoms with E-state index in [9.17, 15) is 0 Å². The zero-order valence-corrected chi connectivity index (χ0v) is 26.8. The van der Waals surface area contributed by atoms with Crippen LogP contribution < -0.4 is 5.10 Å². The van der Waals surface area contributed by atoms with Crippen LogP contribution in [-0.4, -0.2) is 20.1 Å². The van der Waals surface area contributed by atoms with Crippen LogP contribution in [0.1, 0.15) is 37.6 Å². The summed E-state index contributed by atoms with van der Waals surface area (Å²) in [6.45, 7) is 10.6. The summed E-state index contributed by atoms with van der Waals surface area (Å²) < 4.78 is 0. The van der Waals surface area contributed by atoms with Crippen molar-refractivity contribution < 1.29 is 20.1 Å². The second-order valence-corrected chi connectivity index (χ2v) is 10.9. The van der Waals surface area contributed by atoms with Gasteiger partial charge in [0.15, 0.2) is 0 Å². The van der Waals surface area contributed by atoms with Gasteiger partial charge in [-0.05, 0) is 36.2 Å². The van der Waals surface area contributed by atoms with Gasteiger partial charge in [-0.15, -0.1) is 59.2 Å². The molecular formula is C36H32IrN5. The Morgan fingerprint density at radius 3 is 1.79 bits per heavy atom. The van der Waals surface area contributed by atoms with Crippen LogP contribution in [0.5, 0.6) is 0 Å². The Kier molecular flexibility index (Phi) is 9.95. The molecule has 0 aliphatic carbocycles. The first-order valence-corrected chi connectivity index (χ1v) is 13.6. The molecule has 0 aliphatic rings. The molecule has 4 heterocycles. The normalized spacial score (nSPS) is 10.8. The average Bonchev–Trinajstić information content (AvgIpc) is 3.44. The molecule has 6 heteroatoms. The van der Waals surface area contributed by atoms with Gasteiger partial charge in [-0.25, -0.2) is 0 Å². The zero-order valence-electron chi connectivity index (χ0n) is 24.4. The number of hydrogen-bond donors (Lipinski definition) is 0. The van der Waals surface area contributed by atoms with E-state index in [1.807, 2.05) is 99.0 Å². The monoisotopic (exact) mass is 727 g/mol. The van der Waals surface area contributed by atoms with E-state index in [1.165, 1.54) is 11.1 Å². The summed E-state index contributed by atoms with van der Waals surface area (Å²) in [6, 6.07) is 36.8. The Balaban J connectivity index is 0.000000190. The Labute approximate surface area is 261 Å². The summed E-state index contributed by atoms with van der Waals surface area (Å²) in [4.78, 5) is 13.5.